The zero-order valence-corrected chi connectivity index (χ0v) is 21.8. The zero-order valence-electron chi connectivity index (χ0n) is 19.5. The highest BCUT2D eigenvalue weighted by atomic mass is 35.5. The van der Waals surface area contributed by atoms with Crippen LogP contribution in [0.4, 0.5) is 0 Å². The van der Waals surface area contributed by atoms with Crippen LogP contribution in [0.15, 0.2) is 47.4 Å². The van der Waals surface area contributed by atoms with Crippen molar-refractivity contribution >= 4 is 50.9 Å². The Labute approximate surface area is 215 Å². The minimum Gasteiger partial charge on any atom is -0.354 e. The second-order valence-corrected chi connectivity index (χ2v) is 10.9. The fraction of sp³-hybridized carbons (Fsp3) is 0.375. The number of halogens is 2. The molecule has 1 aliphatic heterocycles. The second kappa shape index (κ2) is 11.4. The van der Waals surface area contributed by atoms with Gasteiger partial charge in [0, 0.05) is 26.1 Å². The van der Waals surface area contributed by atoms with Crippen molar-refractivity contribution in [2.24, 2.45) is 0 Å². The molecule has 0 saturated carbocycles. The summed E-state index contributed by atoms with van der Waals surface area (Å²) in [5.74, 6) is -1.48. The van der Waals surface area contributed by atoms with E-state index in [2.05, 4.69) is 5.32 Å². The van der Waals surface area contributed by atoms with Crippen molar-refractivity contribution in [1.29, 1.82) is 0 Å². The summed E-state index contributed by atoms with van der Waals surface area (Å²) in [5, 5.41) is 3.48. The molecule has 0 bridgehead atoms. The van der Waals surface area contributed by atoms with Crippen molar-refractivity contribution in [2.75, 3.05) is 13.1 Å². The van der Waals surface area contributed by atoms with Crippen LogP contribution in [0.1, 0.15) is 49.0 Å². The van der Waals surface area contributed by atoms with Gasteiger partial charge < -0.3 is 10.2 Å². The van der Waals surface area contributed by atoms with Crippen LogP contribution in [0.3, 0.4) is 0 Å². The molecule has 188 valence electrons. The number of carbonyl (C=O) groups is 3. The van der Waals surface area contributed by atoms with Gasteiger partial charge in [0.1, 0.15) is 10.9 Å². The van der Waals surface area contributed by atoms with Gasteiger partial charge in [-0.15, -0.1) is 0 Å². The normalized spacial score (nSPS) is 15.0. The van der Waals surface area contributed by atoms with Gasteiger partial charge in [-0.05, 0) is 43.2 Å². The maximum absolute atomic E-state index is 13.3. The van der Waals surface area contributed by atoms with Crippen LogP contribution in [-0.4, -0.2) is 54.5 Å². The van der Waals surface area contributed by atoms with Crippen LogP contribution in [-0.2, 0) is 26.2 Å². The van der Waals surface area contributed by atoms with Crippen molar-refractivity contribution in [3.8, 4) is 0 Å². The van der Waals surface area contributed by atoms with E-state index in [0.29, 0.717) is 26.5 Å². The number of nitrogens with zero attached hydrogens (tertiary/aromatic N) is 2. The van der Waals surface area contributed by atoms with Crippen LogP contribution < -0.4 is 5.32 Å². The molecule has 0 saturated heterocycles. The van der Waals surface area contributed by atoms with E-state index >= 15 is 0 Å². The average molecular weight is 540 g/mol. The highest BCUT2D eigenvalue weighted by molar-refractivity contribution is 7.90. The van der Waals surface area contributed by atoms with Crippen LogP contribution in [0.25, 0.3) is 0 Å². The predicted octanol–water partition coefficient (Wildman–Crippen LogP) is 3.86. The summed E-state index contributed by atoms with van der Waals surface area (Å²) >= 11 is 12.1. The third kappa shape index (κ3) is 5.97. The fourth-order valence-corrected chi connectivity index (χ4v) is 5.64. The molecule has 0 radical (unpaired) electrons. The lowest BCUT2D eigenvalue weighted by molar-refractivity contribution is -0.140. The van der Waals surface area contributed by atoms with Gasteiger partial charge in [-0.2, -0.15) is 0 Å². The van der Waals surface area contributed by atoms with Gasteiger partial charge in [0.2, 0.25) is 11.8 Å². The SMILES string of the molecule is CCCCNC(=O)[C@H](C)N(Cc1ccc(Cl)c(Cl)c1)C(=O)CCN1C(=O)c2ccccc2S1(=O)=O. The van der Waals surface area contributed by atoms with E-state index in [1.165, 1.54) is 23.1 Å². The molecule has 11 heteroatoms. The first-order valence-corrected chi connectivity index (χ1v) is 13.4. The highest BCUT2D eigenvalue weighted by Gasteiger charge is 2.41. The smallest absolute Gasteiger partial charge is 0.269 e. The first kappa shape index (κ1) is 27.0. The molecule has 0 aliphatic carbocycles. The van der Waals surface area contributed by atoms with Gasteiger partial charge >= 0.3 is 0 Å². The molecular weight excluding hydrogens is 513 g/mol. The summed E-state index contributed by atoms with van der Waals surface area (Å²) in [6.07, 6.45) is 1.42. The number of hydrogen-bond acceptors (Lipinski definition) is 5. The molecule has 8 nitrogen and oxygen atoms in total. The first-order chi connectivity index (χ1) is 16.6. The lowest BCUT2D eigenvalue weighted by Gasteiger charge is -2.29. The Morgan fingerprint density at radius 2 is 1.83 bits per heavy atom. The van der Waals surface area contributed by atoms with Gasteiger partial charge in [-0.25, -0.2) is 12.7 Å². The van der Waals surface area contributed by atoms with Crippen molar-refractivity contribution in [3.05, 3.63) is 63.6 Å². The van der Waals surface area contributed by atoms with E-state index in [9.17, 15) is 22.8 Å². The molecule has 3 amide bonds. The van der Waals surface area contributed by atoms with Gasteiger partial charge in [-0.1, -0.05) is 54.7 Å². The minimum atomic E-state index is -4.04. The summed E-state index contributed by atoms with van der Waals surface area (Å²) in [4.78, 5) is 40.0. The third-order valence-corrected chi connectivity index (χ3v) is 8.35. The Kier molecular flexibility index (Phi) is 8.79. The molecule has 0 fully saturated rings. The van der Waals surface area contributed by atoms with Gasteiger partial charge in [0.25, 0.3) is 15.9 Å². The number of rotatable bonds is 10. The summed E-state index contributed by atoms with van der Waals surface area (Å²) in [5.41, 5.74) is 0.731. The largest absolute Gasteiger partial charge is 0.354 e. The van der Waals surface area contributed by atoms with E-state index in [-0.39, 0.29) is 35.9 Å². The summed E-state index contributed by atoms with van der Waals surface area (Å²) in [6, 6.07) is 9.99. The lowest BCUT2D eigenvalue weighted by Crippen LogP contribution is -2.48. The monoisotopic (exact) mass is 539 g/mol. The fourth-order valence-electron chi connectivity index (χ4n) is 3.75. The molecule has 2 aromatic rings. The maximum atomic E-state index is 13.3. The van der Waals surface area contributed by atoms with Crippen molar-refractivity contribution in [3.63, 3.8) is 0 Å². The average Bonchev–Trinajstić information content (AvgIpc) is 3.03. The van der Waals surface area contributed by atoms with Crippen LogP contribution in [0, 0.1) is 0 Å². The molecule has 0 spiro atoms. The molecule has 0 aromatic heterocycles. The molecule has 1 N–H and O–H groups in total. The molecule has 3 rings (SSSR count). The van der Waals surface area contributed by atoms with E-state index in [4.69, 9.17) is 23.2 Å². The highest BCUT2D eigenvalue weighted by Crippen LogP contribution is 2.30. The number of sulfonamides is 1. The first-order valence-electron chi connectivity index (χ1n) is 11.2. The standard InChI is InChI=1S/C24H27Cl2N3O5S/c1-3-4-12-27-23(31)16(2)28(15-17-9-10-19(25)20(26)14-17)22(30)11-13-29-24(32)18-7-5-6-8-21(18)35(29,33)34/h5-10,14,16H,3-4,11-13,15H2,1-2H3,(H,27,31)/t16-/m0/s1. The third-order valence-electron chi connectivity index (χ3n) is 5.77. The molecule has 35 heavy (non-hydrogen) atoms. The predicted molar refractivity (Wildman–Crippen MR) is 134 cm³/mol. The second-order valence-electron chi connectivity index (χ2n) is 8.22. The molecule has 1 atom stereocenters. The molecule has 0 unspecified atom stereocenters. The van der Waals surface area contributed by atoms with Crippen LogP contribution in [0.2, 0.25) is 10.0 Å². The van der Waals surface area contributed by atoms with Gasteiger partial charge in [0.05, 0.1) is 15.6 Å². The van der Waals surface area contributed by atoms with E-state index < -0.39 is 27.9 Å². The molecular formula is C24H27Cl2N3O5S. The molecule has 2 aromatic carbocycles. The topological polar surface area (TPSA) is 104 Å². The number of unbranched alkanes of at least 4 members (excludes halogenated alkanes) is 1. The van der Waals surface area contributed by atoms with Crippen LogP contribution >= 0.6 is 23.2 Å². The van der Waals surface area contributed by atoms with E-state index in [1.54, 1.807) is 31.2 Å². The summed E-state index contributed by atoms with van der Waals surface area (Å²) in [7, 11) is -4.04. The van der Waals surface area contributed by atoms with Crippen molar-refractivity contribution < 1.29 is 22.8 Å². The van der Waals surface area contributed by atoms with Gasteiger partial charge in [-0.3, -0.25) is 14.4 Å². The quantitative estimate of drug-likeness (QED) is 0.461. The van der Waals surface area contributed by atoms with Crippen LogP contribution in [0.5, 0.6) is 0 Å². The number of nitrogens with one attached hydrogen (secondary N) is 1. The number of hydrogen-bond donors (Lipinski definition) is 1. The van der Waals surface area contributed by atoms with Crippen molar-refractivity contribution in [1.82, 2.24) is 14.5 Å². The Morgan fingerprint density at radius 3 is 2.49 bits per heavy atom. The number of fused-ring (bicyclic) bond motifs is 1. The molecule has 1 aliphatic rings. The number of carbonyl (C=O) groups excluding carboxylic acids is 3. The number of benzene rings is 2. The maximum Gasteiger partial charge on any atom is 0.269 e. The minimum absolute atomic E-state index is 0.0546. The lowest BCUT2D eigenvalue weighted by atomic mass is 10.1. The summed E-state index contributed by atoms with van der Waals surface area (Å²) < 4.78 is 26.3. The van der Waals surface area contributed by atoms with Gasteiger partial charge in [0.15, 0.2) is 0 Å². The van der Waals surface area contributed by atoms with E-state index in [1.807, 2.05) is 6.92 Å². The summed E-state index contributed by atoms with van der Waals surface area (Å²) in [6.45, 7) is 3.80. The van der Waals surface area contributed by atoms with Crippen molar-refractivity contribution in [2.45, 2.75) is 50.6 Å². The Balaban J connectivity index is 1.78. The Morgan fingerprint density at radius 1 is 1.11 bits per heavy atom. The Hall–Kier alpha value is -2.62. The number of amides is 3. The molecule has 1 heterocycles. The van der Waals surface area contributed by atoms with E-state index in [0.717, 1.165) is 12.8 Å². The zero-order chi connectivity index (χ0) is 25.8. The Bertz CT molecular complexity index is 1240.